The molecule has 0 aromatic heterocycles. The van der Waals surface area contributed by atoms with Gasteiger partial charge in [-0.1, -0.05) is 12.8 Å². The maximum absolute atomic E-state index is 2.69. The standard InChI is InChI=1S/C13H26N2/c1-14(2)9-8-12-10-11-6-4-5-7-13(11)15(12)3/h11-13H,4-10H2,1-3H3/t11-,12-,13-/m1/s1. The summed E-state index contributed by atoms with van der Waals surface area (Å²) >= 11 is 0. The number of hydrogen-bond acceptors (Lipinski definition) is 2. The lowest BCUT2D eigenvalue weighted by atomic mass is 9.84. The molecule has 1 aliphatic heterocycles. The molecule has 1 saturated carbocycles. The van der Waals surface area contributed by atoms with Gasteiger partial charge in [-0.3, -0.25) is 0 Å². The van der Waals surface area contributed by atoms with E-state index in [4.69, 9.17) is 0 Å². The van der Waals surface area contributed by atoms with E-state index in [1.165, 1.54) is 45.1 Å². The fourth-order valence-electron chi connectivity index (χ4n) is 3.51. The van der Waals surface area contributed by atoms with Crippen LogP contribution in [0.25, 0.3) is 0 Å². The predicted molar refractivity (Wildman–Crippen MR) is 65.1 cm³/mol. The van der Waals surface area contributed by atoms with Crippen LogP contribution in [0.1, 0.15) is 38.5 Å². The minimum absolute atomic E-state index is 0.862. The average Bonchev–Trinajstić information content (AvgIpc) is 2.54. The number of hydrogen-bond donors (Lipinski definition) is 0. The van der Waals surface area contributed by atoms with Crippen molar-refractivity contribution in [3.8, 4) is 0 Å². The molecule has 1 aliphatic carbocycles. The highest BCUT2D eigenvalue weighted by Crippen LogP contribution is 2.39. The summed E-state index contributed by atoms with van der Waals surface area (Å²) < 4.78 is 0. The number of likely N-dealkylation sites (tertiary alicyclic amines) is 1. The first kappa shape index (κ1) is 11.4. The van der Waals surface area contributed by atoms with Gasteiger partial charge in [0.2, 0.25) is 0 Å². The topological polar surface area (TPSA) is 6.48 Å². The van der Waals surface area contributed by atoms with Crippen LogP contribution in [0.4, 0.5) is 0 Å². The third-order valence-electron chi connectivity index (χ3n) is 4.45. The van der Waals surface area contributed by atoms with E-state index in [2.05, 4.69) is 30.9 Å². The Kier molecular flexibility index (Phi) is 3.68. The highest BCUT2D eigenvalue weighted by atomic mass is 15.2. The van der Waals surface area contributed by atoms with Gasteiger partial charge >= 0.3 is 0 Å². The maximum Gasteiger partial charge on any atom is 0.0124 e. The minimum Gasteiger partial charge on any atom is -0.309 e. The molecule has 88 valence electrons. The van der Waals surface area contributed by atoms with Gasteiger partial charge in [0.25, 0.3) is 0 Å². The van der Waals surface area contributed by atoms with Crippen molar-refractivity contribution in [1.82, 2.24) is 9.80 Å². The lowest BCUT2D eigenvalue weighted by Crippen LogP contribution is -2.36. The number of nitrogens with zero attached hydrogens (tertiary/aromatic N) is 2. The molecule has 15 heavy (non-hydrogen) atoms. The van der Waals surface area contributed by atoms with Crippen LogP contribution in [0.2, 0.25) is 0 Å². The van der Waals surface area contributed by atoms with Gasteiger partial charge < -0.3 is 9.80 Å². The molecule has 3 atom stereocenters. The first-order chi connectivity index (χ1) is 7.18. The van der Waals surface area contributed by atoms with Crippen molar-refractivity contribution in [2.24, 2.45) is 5.92 Å². The van der Waals surface area contributed by atoms with Gasteiger partial charge in [0.15, 0.2) is 0 Å². The second-order valence-electron chi connectivity index (χ2n) is 5.76. The molecule has 0 amide bonds. The molecule has 0 N–H and O–H groups in total. The first-order valence-electron chi connectivity index (χ1n) is 6.55. The number of fused-ring (bicyclic) bond motifs is 1. The van der Waals surface area contributed by atoms with Crippen molar-refractivity contribution in [1.29, 1.82) is 0 Å². The Morgan fingerprint density at radius 2 is 1.93 bits per heavy atom. The summed E-state index contributed by atoms with van der Waals surface area (Å²) in [6.45, 7) is 1.24. The van der Waals surface area contributed by atoms with Crippen LogP contribution in [0, 0.1) is 5.92 Å². The van der Waals surface area contributed by atoms with E-state index < -0.39 is 0 Å². The molecule has 2 rings (SSSR count). The Morgan fingerprint density at radius 3 is 2.60 bits per heavy atom. The van der Waals surface area contributed by atoms with Gasteiger partial charge in [0.1, 0.15) is 0 Å². The normalized spacial score (nSPS) is 37.2. The molecule has 2 fully saturated rings. The van der Waals surface area contributed by atoms with Crippen LogP contribution >= 0.6 is 0 Å². The zero-order valence-electron chi connectivity index (χ0n) is 10.6. The highest BCUT2D eigenvalue weighted by molar-refractivity contribution is 4.94. The molecule has 0 unspecified atom stereocenters. The van der Waals surface area contributed by atoms with Crippen LogP contribution in [-0.2, 0) is 0 Å². The Labute approximate surface area is 94.6 Å². The van der Waals surface area contributed by atoms with Crippen LogP contribution in [0.5, 0.6) is 0 Å². The molecule has 2 heteroatoms. The third kappa shape index (κ3) is 2.54. The van der Waals surface area contributed by atoms with E-state index >= 15 is 0 Å². The maximum atomic E-state index is 2.69. The van der Waals surface area contributed by atoms with E-state index in [1.54, 1.807) is 0 Å². The molecular weight excluding hydrogens is 184 g/mol. The summed E-state index contributed by atoms with van der Waals surface area (Å²) in [5.74, 6) is 1.02. The fourth-order valence-corrected chi connectivity index (χ4v) is 3.51. The molecule has 2 aliphatic rings. The molecule has 0 aromatic rings. The van der Waals surface area contributed by atoms with Crippen molar-refractivity contribution in [2.75, 3.05) is 27.7 Å². The molecule has 0 aromatic carbocycles. The average molecular weight is 210 g/mol. The summed E-state index contributed by atoms with van der Waals surface area (Å²) in [4.78, 5) is 5.00. The number of rotatable bonds is 3. The van der Waals surface area contributed by atoms with Crippen LogP contribution in [-0.4, -0.2) is 49.6 Å². The van der Waals surface area contributed by atoms with E-state index in [-0.39, 0.29) is 0 Å². The Hall–Kier alpha value is -0.0800. The summed E-state index contributed by atoms with van der Waals surface area (Å²) in [7, 11) is 6.72. The summed E-state index contributed by atoms with van der Waals surface area (Å²) in [5.41, 5.74) is 0. The van der Waals surface area contributed by atoms with Gasteiger partial charge in [-0.05, 0) is 59.3 Å². The quantitative estimate of drug-likeness (QED) is 0.704. The summed E-state index contributed by atoms with van der Waals surface area (Å²) in [6.07, 6.45) is 8.72. The molecule has 2 nitrogen and oxygen atoms in total. The monoisotopic (exact) mass is 210 g/mol. The van der Waals surface area contributed by atoms with Crippen LogP contribution in [0.3, 0.4) is 0 Å². The second-order valence-corrected chi connectivity index (χ2v) is 5.76. The highest BCUT2D eigenvalue weighted by Gasteiger charge is 2.39. The van der Waals surface area contributed by atoms with Crippen molar-refractivity contribution >= 4 is 0 Å². The zero-order chi connectivity index (χ0) is 10.8. The molecular formula is C13H26N2. The fraction of sp³-hybridized carbons (Fsp3) is 1.00. The van der Waals surface area contributed by atoms with E-state index in [0.29, 0.717) is 0 Å². The van der Waals surface area contributed by atoms with E-state index in [9.17, 15) is 0 Å². The molecule has 1 heterocycles. The minimum atomic E-state index is 0.862. The van der Waals surface area contributed by atoms with Gasteiger partial charge in [-0.15, -0.1) is 0 Å². The lowest BCUT2D eigenvalue weighted by molar-refractivity contribution is 0.176. The van der Waals surface area contributed by atoms with Crippen LogP contribution in [0.15, 0.2) is 0 Å². The predicted octanol–water partition coefficient (Wildman–Crippen LogP) is 2.20. The van der Waals surface area contributed by atoms with E-state index in [1.807, 2.05) is 0 Å². The Morgan fingerprint density at radius 1 is 1.20 bits per heavy atom. The van der Waals surface area contributed by atoms with Gasteiger partial charge in [-0.25, -0.2) is 0 Å². The van der Waals surface area contributed by atoms with E-state index in [0.717, 1.165) is 18.0 Å². The zero-order valence-corrected chi connectivity index (χ0v) is 10.6. The molecule has 0 bridgehead atoms. The third-order valence-corrected chi connectivity index (χ3v) is 4.45. The smallest absolute Gasteiger partial charge is 0.0124 e. The first-order valence-corrected chi connectivity index (χ1v) is 6.55. The van der Waals surface area contributed by atoms with Crippen molar-refractivity contribution in [3.63, 3.8) is 0 Å². The Balaban J connectivity index is 1.86. The molecule has 0 radical (unpaired) electrons. The van der Waals surface area contributed by atoms with Crippen molar-refractivity contribution in [3.05, 3.63) is 0 Å². The Bertz CT molecular complexity index is 203. The van der Waals surface area contributed by atoms with Crippen LogP contribution < -0.4 is 0 Å². The van der Waals surface area contributed by atoms with Crippen molar-refractivity contribution < 1.29 is 0 Å². The summed E-state index contributed by atoms with van der Waals surface area (Å²) in [5, 5.41) is 0. The van der Waals surface area contributed by atoms with Gasteiger partial charge in [0.05, 0.1) is 0 Å². The SMILES string of the molecule is CN(C)CC[C@@H]1C[C@H]2CCCC[C@H]2N1C. The largest absolute Gasteiger partial charge is 0.309 e. The second kappa shape index (κ2) is 4.84. The molecule has 0 spiro atoms. The van der Waals surface area contributed by atoms with Crippen molar-refractivity contribution in [2.45, 2.75) is 50.6 Å². The molecule has 1 saturated heterocycles. The van der Waals surface area contributed by atoms with Gasteiger partial charge in [0, 0.05) is 12.1 Å². The summed E-state index contributed by atoms with van der Waals surface area (Å²) in [6, 6.07) is 1.78. The lowest BCUT2D eigenvalue weighted by Gasteiger charge is -2.31. The van der Waals surface area contributed by atoms with Gasteiger partial charge in [-0.2, -0.15) is 0 Å².